The van der Waals surface area contributed by atoms with Crippen LogP contribution in [0.2, 0.25) is 5.02 Å². The Bertz CT molecular complexity index is 629. The molecule has 0 amide bonds. The van der Waals surface area contributed by atoms with Gasteiger partial charge in [-0.15, -0.1) is 0 Å². The highest BCUT2D eigenvalue weighted by molar-refractivity contribution is 6.32. The standard InChI is InChI=1S/C14H13ClF3N3/c15-12-5-11(14(16,17)18)8-21-13(12)20-7-10-4-2-1-3-9(10)6-19/h1-5,8H,6-7,19H2,(H,20,21). The lowest BCUT2D eigenvalue weighted by Crippen LogP contribution is -2.09. The number of nitrogens with one attached hydrogen (secondary N) is 1. The van der Waals surface area contributed by atoms with E-state index in [-0.39, 0.29) is 10.8 Å². The van der Waals surface area contributed by atoms with Gasteiger partial charge in [-0.25, -0.2) is 4.98 Å². The normalized spacial score (nSPS) is 11.5. The molecule has 2 aromatic rings. The SMILES string of the molecule is NCc1ccccc1CNc1ncc(C(F)(F)F)cc1Cl. The molecular weight excluding hydrogens is 303 g/mol. The number of pyridine rings is 1. The lowest BCUT2D eigenvalue weighted by Gasteiger charge is -2.12. The maximum absolute atomic E-state index is 12.5. The van der Waals surface area contributed by atoms with E-state index in [2.05, 4.69) is 10.3 Å². The Morgan fingerprint density at radius 2 is 1.86 bits per heavy atom. The van der Waals surface area contributed by atoms with Crippen LogP contribution in [0.4, 0.5) is 19.0 Å². The molecule has 0 saturated carbocycles. The molecule has 0 radical (unpaired) electrons. The Morgan fingerprint density at radius 3 is 2.43 bits per heavy atom. The Labute approximate surface area is 124 Å². The van der Waals surface area contributed by atoms with Crippen LogP contribution in [-0.2, 0) is 19.3 Å². The van der Waals surface area contributed by atoms with E-state index >= 15 is 0 Å². The number of anilines is 1. The molecule has 3 N–H and O–H groups in total. The Kier molecular flexibility index (Phi) is 4.69. The molecule has 0 aliphatic carbocycles. The zero-order valence-electron chi connectivity index (χ0n) is 10.9. The van der Waals surface area contributed by atoms with Crippen molar-refractivity contribution in [2.24, 2.45) is 5.73 Å². The van der Waals surface area contributed by atoms with Gasteiger partial charge in [0.15, 0.2) is 0 Å². The van der Waals surface area contributed by atoms with Crippen molar-refractivity contribution < 1.29 is 13.2 Å². The third-order valence-corrected chi connectivity index (χ3v) is 3.24. The summed E-state index contributed by atoms with van der Waals surface area (Å²) >= 11 is 5.83. The average molecular weight is 316 g/mol. The highest BCUT2D eigenvalue weighted by atomic mass is 35.5. The van der Waals surface area contributed by atoms with Crippen molar-refractivity contribution in [2.75, 3.05) is 5.32 Å². The van der Waals surface area contributed by atoms with Crippen LogP contribution >= 0.6 is 11.6 Å². The molecule has 112 valence electrons. The second kappa shape index (κ2) is 6.32. The van der Waals surface area contributed by atoms with Gasteiger partial charge in [0.05, 0.1) is 10.6 Å². The van der Waals surface area contributed by atoms with Crippen molar-refractivity contribution in [3.8, 4) is 0 Å². The summed E-state index contributed by atoms with van der Waals surface area (Å²) in [7, 11) is 0. The first-order chi connectivity index (χ1) is 9.91. The van der Waals surface area contributed by atoms with Crippen molar-refractivity contribution in [3.05, 3.63) is 58.2 Å². The van der Waals surface area contributed by atoms with Crippen LogP contribution in [0.1, 0.15) is 16.7 Å². The van der Waals surface area contributed by atoms with Gasteiger partial charge in [0.25, 0.3) is 0 Å². The summed E-state index contributed by atoms with van der Waals surface area (Å²) in [5, 5.41) is 2.84. The molecule has 1 aromatic carbocycles. The topological polar surface area (TPSA) is 50.9 Å². The number of hydrogen-bond donors (Lipinski definition) is 2. The van der Waals surface area contributed by atoms with Crippen molar-refractivity contribution in [1.82, 2.24) is 4.98 Å². The molecule has 0 spiro atoms. The number of benzene rings is 1. The van der Waals surface area contributed by atoms with E-state index in [4.69, 9.17) is 17.3 Å². The van der Waals surface area contributed by atoms with Gasteiger partial charge in [-0.1, -0.05) is 35.9 Å². The highest BCUT2D eigenvalue weighted by Crippen LogP contribution is 2.32. The molecule has 3 nitrogen and oxygen atoms in total. The summed E-state index contributed by atoms with van der Waals surface area (Å²) in [4.78, 5) is 3.72. The monoisotopic (exact) mass is 315 g/mol. The number of halogens is 4. The average Bonchev–Trinajstić information content (AvgIpc) is 2.45. The molecule has 7 heteroatoms. The zero-order chi connectivity index (χ0) is 15.5. The summed E-state index contributed by atoms with van der Waals surface area (Å²) in [6, 6.07) is 8.35. The van der Waals surface area contributed by atoms with E-state index in [0.717, 1.165) is 23.4 Å². The predicted octanol–water partition coefficient (Wildman–Crippen LogP) is 3.82. The third kappa shape index (κ3) is 3.86. The highest BCUT2D eigenvalue weighted by Gasteiger charge is 2.31. The van der Waals surface area contributed by atoms with Crippen LogP contribution in [-0.4, -0.2) is 4.98 Å². The molecule has 1 heterocycles. The van der Waals surface area contributed by atoms with Crippen LogP contribution in [0.3, 0.4) is 0 Å². The van der Waals surface area contributed by atoms with E-state index in [1.54, 1.807) is 0 Å². The second-order valence-corrected chi connectivity index (χ2v) is 4.79. The molecular formula is C14H13ClF3N3. The van der Waals surface area contributed by atoms with Crippen molar-refractivity contribution in [1.29, 1.82) is 0 Å². The minimum atomic E-state index is -4.46. The van der Waals surface area contributed by atoms with Gasteiger partial charge in [-0.2, -0.15) is 13.2 Å². The lowest BCUT2D eigenvalue weighted by molar-refractivity contribution is -0.137. The summed E-state index contributed by atoms with van der Waals surface area (Å²) in [5.41, 5.74) is 6.64. The largest absolute Gasteiger partial charge is 0.417 e. The number of rotatable bonds is 4. The molecule has 2 rings (SSSR count). The minimum absolute atomic E-state index is 0.0740. The molecule has 0 unspecified atom stereocenters. The molecule has 0 saturated heterocycles. The van der Waals surface area contributed by atoms with Gasteiger partial charge in [0.1, 0.15) is 5.82 Å². The Hall–Kier alpha value is -1.79. The lowest BCUT2D eigenvalue weighted by atomic mass is 10.1. The Morgan fingerprint density at radius 1 is 1.19 bits per heavy atom. The number of hydrogen-bond acceptors (Lipinski definition) is 3. The van der Waals surface area contributed by atoms with Gasteiger partial charge in [0.2, 0.25) is 0 Å². The van der Waals surface area contributed by atoms with E-state index in [0.29, 0.717) is 13.1 Å². The molecule has 0 atom stereocenters. The van der Waals surface area contributed by atoms with E-state index in [1.807, 2.05) is 24.3 Å². The number of aromatic nitrogens is 1. The van der Waals surface area contributed by atoms with Crippen LogP contribution < -0.4 is 11.1 Å². The van der Waals surface area contributed by atoms with Gasteiger partial charge < -0.3 is 11.1 Å². The number of nitrogens with zero attached hydrogens (tertiary/aromatic N) is 1. The van der Waals surface area contributed by atoms with E-state index in [9.17, 15) is 13.2 Å². The first-order valence-electron chi connectivity index (χ1n) is 6.15. The van der Waals surface area contributed by atoms with Crippen LogP contribution in [0, 0.1) is 0 Å². The Balaban J connectivity index is 2.14. The van der Waals surface area contributed by atoms with Gasteiger partial charge in [-0.3, -0.25) is 0 Å². The van der Waals surface area contributed by atoms with Crippen LogP contribution in [0.5, 0.6) is 0 Å². The summed E-state index contributed by atoms with van der Waals surface area (Å²) in [6.07, 6.45) is -3.70. The van der Waals surface area contributed by atoms with Gasteiger partial charge in [0, 0.05) is 19.3 Å². The summed E-state index contributed by atoms with van der Waals surface area (Å²) in [5.74, 6) is 0.205. The first kappa shape index (κ1) is 15.6. The fourth-order valence-electron chi connectivity index (χ4n) is 1.83. The number of nitrogens with two attached hydrogens (primary N) is 1. The third-order valence-electron chi connectivity index (χ3n) is 2.95. The quantitative estimate of drug-likeness (QED) is 0.901. The summed E-state index contributed by atoms with van der Waals surface area (Å²) in [6.45, 7) is 0.761. The van der Waals surface area contributed by atoms with Crippen LogP contribution in [0.25, 0.3) is 0 Å². The maximum Gasteiger partial charge on any atom is 0.417 e. The van der Waals surface area contributed by atoms with Crippen molar-refractivity contribution in [3.63, 3.8) is 0 Å². The van der Waals surface area contributed by atoms with Crippen LogP contribution in [0.15, 0.2) is 36.5 Å². The predicted molar refractivity (Wildman–Crippen MR) is 75.9 cm³/mol. The van der Waals surface area contributed by atoms with Gasteiger partial charge >= 0.3 is 6.18 Å². The second-order valence-electron chi connectivity index (χ2n) is 4.38. The van der Waals surface area contributed by atoms with Crippen molar-refractivity contribution in [2.45, 2.75) is 19.3 Å². The maximum atomic E-state index is 12.5. The molecule has 0 aliphatic heterocycles. The first-order valence-corrected chi connectivity index (χ1v) is 6.53. The number of alkyl halides is 3. The fourth-order valence-corrected chi connectivity index (χ4v) is 2.06. The molecule has 0 bridgehead atoms. The fraction of sp³-hybridized carbons (Fsp3) is 0.214. The summed E-state index contributed by atoms with van der Waals surface area (Å²) < 4.78 is 37.5. The molecule has 21 heavy (non-hydrogen) atoms. The smallest absolute Gasteiger partial charge is 0.365 e. The van der Waals surface area contributed by atoms with Crippen molar-refractivity contribution >= 4 is 17.4 Å². The van der Waals surface area contributed by atoms with E-state index in [1.165, 1.54) is 0 Å². The molecule has 0 aliphatic rings. The minimum Gasteiger partial charge on any atom is -0.365 e. The molecule has 0 fully saturated rings. The molecule has 1 aromatic heterocycles. The van der Waals surface area contributed by atoms with E-state index < -0.39 is 11.7 Å². The van der Waals surface area contributed by atoms with Gasteiger partial charge in [-0.05, 0) is 17.2 Å². The zero-order valence-corrected chi connectivity index (χ0v) is 11.7.